The molecule has 0 aliphatic carbocycles. The van der Waals surface area contributed by atoms with Gasteiger partial charge in [-0.1, -0.05) is 0 Å². The molecule has 1 aromatic heterocycles. The molecule has 0 unspecified atom stereocenters. The van der Waals surface area contributed by atoms with E-state index >= 15 is 0 Å². The van der Waals surface area contributed by atoms with Gasteiger partial charge in [0, 0.05) is 24.7 Å². The molecule has 0 saturated carbocycles. The monoisotopic (exact) mass is 273 g/mol. The average Bonchev–Trinajstić information content (AvgIpc) is 2.47. The molecular weight excluding hydrogens is 258 g/mol. The molecule has 2 aromatic rings. The van der Waals surface area contributed by atoms with Crippen LogP contribution in [0.1, 0.15) is 12.8 Å². The number of fused-ring (bicyclic) bond motifs is 1. The Labute approximate surface area is 115 Å². The maximum absolute atomic E-state index is 10.7. The number of anilines is 1. The van der Waals surface area contributed by atoms with Crippen LogP contribution in [0.4, 0.5) is 11.5 Å². The van der Waals surface area contributed by atoms with Gasteiger partial charge < -0.3 is 10.6 Å². The summed E-state index contributed by atoms with van der Waals surface area (Å²) in [7, 11) is 0. The van der Waals surface area contributed by atoms with E-state index in [1.54, 1.807) is 12.3 Å². The smallest absolute Gasteiger partial charge is 0.271 e. The number of rotatable bonds is 3. The molecule has 104 valence electrons. The zero-order chi connectivity index (χ0) is 13.9. The molecule has 1 aliphatic rings. The van der Waals surface area contributed by atoms with Crippen LogP contribution < -0.4 is 10.6 Å². The number of hydrogen-bond acceptors (Lipinski definition) is 6. The summed E-state index contributed by atoms with van der Waals surface area (Å²) in [5.41, 5.74) is 1.22. The summed E-state index contributed by atoms with van der Waals surface area (Å²) in [4.78, 5) is 19.0. The lowest BCUT2D eigenvalue weighted by atomic mass is 10.1. The van der Waals surface area contributed by atoms with Crippen LogP contribution in [0, 0.1) is 10.1 Å². The van der Waals surface area contributed by atoms with E-state index in [1.807, 2.05) is 0 Å². The molecule has 0 bridgehead atoms. The van der Waals surface area contributed by atoms with E-state index in [2.05, 4.69) is 20.6 Å². The summed E-state index contributed by atoms with van der Waals surface area (Å²) in [6.07, 6.45) is 3.87. The fraction of sp³-hybridized carbons (Fsp3) is 0.385. The zero-order valence-corrected chi connectivity index (χ0v) is 10.9. The Hall–Kier alpha value is -2.28. The van der Waals surface area contributed by atoms with E-state index in [-0.39, 0.29) is 5.69 Å². The van der Waals surface area contributed by atoms with E-state index < -0.39 is 4.92 Å². The number of nitrogens with one attached hydrogen (secondary N) is 2. The van der Waals surface area contributed by atoms with Crippen molar-refractivity contribution >= 4 is 22.5 Å². The molecule has 20 heavy (non-hydrogen) atoms. The minimum atomic E-state index is -0.430. The van der Waals surface area contributed by atoms with Crippen LogP contribution in [0.25, 0.3) is 11.0 Å². The summed E-state index contributed by atoms with van der Waals surface area (Å²) >= 11 is 0. The van der Waals surface area contributed by atoms with Crippen LogP contribution in [0.5, 0.6) is 0 Å². The predicted octanol–water partition coefficient (Wildman–Crippen LogP) is 1.70. The van der Waals surface area contributed by atoms with Gasteiger partial charge in [-0.2, -0.15) is 0 Å². The fourth-order valence-electron chi connectivity index (χ4n) is 2.37. The van der Waals surface area contributed by atoms with E-state index in [1.165, 1.54) is 12.1 Å². The molecule has 1 saturated heterocycles. The number of nitrogens with zero attached hydrogens (tertiary/aromatic N) is 3. The van der Waals surface area contributed by atoms with E-state index in [0.29, 0.717) is 22.9 Å². The second-order valence-corrected chi connectivity index (χ2v) is 4.87. The Morgan fingerprint density at radius 3 is 3.05 bits per heavy atom. The number of non-ortho nitro benzene ring substituents is 1. The molecule has 0 amide bonds. The van der Waals surface area contributed by atoms with Gasteiger partial charge in [-0.3, -0.25) is 15.1 Å². The zero-order valence-electron chi connectivity index (χ0n) is 10.9. The number of aromatic nitrogens is 2. The van der Waals surface area contributed by atoms with Crippen LogP contribution in [-0.4, -0.2) is 34.0 Å². The van der Waals surface area contributed by atoms with Gasteiger partial charge in [0.2, 0.25) is 0 Å². The van der Waals surface area contributed by atoms with Crippen LogP contribution in [0.3, 0.4) is 0 Å². The fourth-order valence-corrected chi connectivity index (χ4v) is 2.37. The third-order valence-corrected chi connectivity index (χ3v) is 3.39. The van der Waals surface area contributed by atoms with Gasteiger partial charge in [-0.25, -0.2) is 4.98 Å². The molecule has 1 fully saturated rings. The molecule has 0 spiro atoms. The molecular formula is C13H15N5O2. The first-order valence-corrected chi connectivity index (χ1v) is 6.61. The highest BCUT2D eigenvalue weighted by Crippen LogP contribution is 2.19. The van der Waals surface area contributed by atoms with Crippen molar-refractivity contribution in [2.24, 2.45) is 0 Å². The quantitative estimate of drug-likeness (QED) is 0.653. The first kappa shape index (κ1) is 12.7. The Balaban J connectivity index is 1.83. The first-order chi connectivity index (χ1) is 9.72. The third kappa shape index (κ3) is 2.67. The van der Waals surface area contributed by atoms with Crippen LogP contribution in [0.2, 0.25) is 0 Å². The van der Waals surface area contributed by atoms with Gasteiger partial charge in [-0.05, 0) is 25.5 Å². The molecule has 2 N–H and O–H groups in total. The second kappa shape index (κ2) is 5.38. The topological polar surface area (TPSA) is 93.0 Å². The molecule has 0 radical (unpaired) electrons. The second-order valence-electron chi connectivity index (χ2n) is 4.87. The molecule has 3 rings (SSSR count). The number of nitro groups is 1. The van der Waals surface area contributed by atoms with Crippen molar-refractivity contribution in [1.82, 2.24) is 15.3 Å². The van der Waals surface area contributed by atoms with Crippen molar-refractivity contribution in [2.75, 3.05) is 18.4 Å². The maximum Gasteiger partial charge on any atom is 0.271 e. The molecule has 7 nitrogen and oxygen atoms in total. The lowest BCUT2D eigenvalue weighted by Gasteiger charge is -2.24. The van der Waals surface area contributed by atoms with E-state index in [4.69, 9.17) is 0 Å². The van der Waals surface area contributed by atoms with Gasteiger partial charge in [-0.15, -0.1) is 0 Å². The summed E-state index contributed by atoms with van der Waals surface area (Å²) in [5, 5.41) is 17.4. The molecule has 2 heterocycles. The van der Waals surface area contributed by atoms with Crippen molar-refractivity contribution in [3.8, 4) is 0 Å². The first-order valence-electron chi connectivity index (χ1n) is 6.61. The minimum Gasteiger partial charge on any atom is -0.365 e. The van der Waals surface area contributed by atoms with Gasteiger partial charge in [0.15, 0.2) is 0 Å². The van der Waals surface area contributed by atoms with Crippen molar-refractivity contribution in [1.29, 1.82) is 0 Å². The molecule has 1 aliphatic heterocycles. The number of hydrogen-bond donors (Lipinski definition) is 2. The van der Waals surface area contributed by atoms with Gasteiger partial charge in [0.1, 0.15) is 5.82 Å². The average molecular weight is 273 g/mol. The lowest BCUT2D eigenvalue weighted by Crippen LogP contribution is -2.38. The van der Waals surface area contributed by atoms with E-state index in [0.717, 1.165) is 25.9 Å². The highest BCUT2D eigenvalue weighted by atomic mass is 16.6. The van der Waals surface area contributed by atoms with E-state index in [9.17, 15) is 10.1 Å². The Morgan fingerprint density at radius 1 is 1.40 bits per heavy atom. The normalized spacial score (nSPS) is 18.9. The van der Waals surface area contributed by atoms with Crippen molar-refractivity contribution in [3.63, 3.8) is 0 Å². The van der Waals surface area contributed by atoms with Crippen molar-refractivity contribution in [2.45, 2.75) is 18.9 Å². The number of benzene rings is 1. The summed E-state index contributed by atoms with van der Waals surface area (Å²) in [5.74, 6) is 0.708. The van der Waals surface area contributed by atoms with Crippen molar-refractivity contribution < 1.29 is 4.92 Å². The summed E-state index contributed by atoms with van der Waals surface area (Å²) in [6, 6.07) is 4.87. The number of nitro benzene ring substituents is 1. The lowest BCUT2D eigenvalue weighted by molar-refractivity contribution is -0.384. The minimum absolute atomic E-state index is 0.0315. The highest BCUT2D eigenvalue weighted by Gasteiger charge is 2.14. The molecule has 1 aromatic carbocycles. The standard InChI is InChI=1S/C13H15N5O2/c19-18(20)10-3-4-11-12(6-10)15-8-13(17-11)16-9-2-1-5-14-7-9/h3-4,6,8-9,14H,1-2,5,7H2,(H,16,17)/t9-/m1/s1. The maximum atomic E-state index is 10.7. The highest BCUT2D eigenvalue weighted by molar-refractivity contribution is 5.78. The Kier molecular flexibility index (Phi) is 3.42. The number of piperidine rings is 1. The SMILES string of the molecule is O=[N+]([O-])c1ccc2nc(N[C@@H]3CCCNC3)cnc2c1. The van der Waals surface area contributed by atoms with Gasteiger partial charge >= 0.3 is 0 Å². The Morgan fingerprint density at radius 2 is 2.30 bits per heavy atom. The molecule has 1 atom stereocenters. The summed E-state index contributed by atoms with van der Waals surface area (Å²) < 4.78 is 0. The predicted molar refractivity (Wildman–Crippen MR) is 75.7 cm³/mol. The largest absolute Gasteiger partial charge is 0.365 e. The molecule has 7 heteroatoms. The Bertz CT molecular complexity index is 640. The van der Waals surface area contributed by atoms with Crippen LogP contribution >= 0.6 is 0 Å². The van der Waals surface area contributed by atoms with Crippen LogP contribution in [-0.2, 0) is 0 Å². The third-order valence-electron chi connectivity index (χ3n) is 3.39. The van der Waals surface area contributed by atoms with Crippen LogP contribution in [0.15, 0.2) is 24.4 Å². The summed E-state index contributed by atoms with van der Waals surface area (Å²) in [6.45, 7) is 1.98. The van der Waals surface area contributed by atoms with Crippen molar-refractivity contribution in [3.05, 3.63) is 34.5 Å². The van der Waals surface area contributed by atoms with Gasteiger partial charge in [0.05, 0.1) is 22.2 Å². The van der Waals surface area contributed by atoms with Gasteiger partial charge in [0.25, 0.3) is 5.69 Å².